The van der Waals surface area contributed by atoms with Crippen LogP contribution in [0.15, 0.2) is 0 Å². The molecule has 1 aliphatic rings. The van der Waals surface area contributed by atoms with Crippen molar-refractivity contribution in [3.63, 3.8) is 0 Å². The number of unbranched alkanes of at least 4 members (excludes halogenated alkanes) is 6. The summed E-state index contributed by atoms with van der Waals surface area (Å²) in [4.78, 5) is 5.45. The Labute approximate surface area is 153 Å². The Bertz CT molecular complexity index is 259. The second-order valence-electron chi connectivity index (χ2n) is 8.40. The molecule has 0 aromatic rings. The molecule has 0 radical (unpaired) electrons. The lowest BCUT2D eigenvalue weighted by molar-refractivity contribution is 0.197. The molecule has 1 saturated heterocycles. The van der Waals surface area contributed by atoms with E-state index in [2.05, 4.69) is 30.6 Å². The molecule has 0 amide bonds. The number of hydrogen-bond donors (Lipinski definition) is 0. The van der Waals surface area contributed by atoms with Crippen LogP contribution in [0.5, 0.6) is 0 Å². The van der Waals surface area contributed by atoms with E-state index >= 15 is 0 Å². The SMILES string of the molecule is CCCCCCCCCN(CCCN1CCCCC1)CCC(C)C. The standard InChI is InChI=1S/C22H46N2/c1-4-5-6-7-8-9-11-18-24(21-15-22(2)3)20-14-19-23-16-12-10-13-17-23/h22H,4-21H2,1-3H3. The van der Waals surface area contributed by atoms with Crippen molar-refractivity contribution in [1.82, 2.24) is 9.80 Å². The van der Waals surface area contributed by atoms with E-state index in [4.69, 9.17) is 0 Å². The lowest BCUT2D eigenvalue weighted by Crippen LogP contribution is -2.34. The van der Waals surface area contributed by atoms with E-state index in [1.807, 2.05) is 0 Å². The summed E-state index contributed by atoms with van der Waals surface area (Å²) in [5.41, 5.74) is 0. The van der Waals surface area contributed by atoms with E-state index in [-0.39, 0.29) is 0 Å². The van der Waals surface area contributed by atoms with Gasteiger partial charge in [0.2, 0.25) is 0 Å². The fourth-order valence-corrected chi connectivity index (χ4v) is 3.77. The molecule has 2 heteroatoms. The van der Waals surface area contributed by atoms with E-state index in [0.29, 0.717) is 0 Å². The molecule has 0 spiro atoms. The highest BCUT2D eigenvalue weighted by atomic mass is 15.1. The Balaban J connectivity index is 2.11. The van der Waals surface area contributed by atoms with Gasteiger partial charge in [-0.2, -0.15) is 0 Å². The summed E-state index contributed by atoms with van der Waals surface area (Å²) in [5, 5.41) is 0. The predicted octanol–water partition coefficient (Wildman–Crippen LogP) is 5.96. The van der Waals surface area contributed by atoms with Crippen molar-refractivity contribution in [3.05, 3.63) is 0 Å². The van der Waals surface area contributed by atoms with Gasteiger partial charge in [-0.1, -0.05) is 65.7 Å². The first-order chi connectivity index (χ1) is 11.7. The van der Waals surface area contributed by atoms with Crippen molar-refractivity contribution >= 4 is 0 Å². The molecule has 1 aliphatic heterocycles. The summed E-state index contributed by atoms with van der Waals surface area (Å²) in [6.07, 6.45) is 17.0. The van der Waals surface area contributed by atoms with Gasteiger partial charge in [0.05, 0.1) is 0 Å². The van der Waals surface area contributed by atoms with Gasteiger partial charge in [0, 0.05) is 0 Å². The Morgan fingerprint density at radius 2 is 1.38 bits per heavy atom. The van der Waals surface area contributed by atoms with Crippen LogP contribution in [-0.4, -0.2) is 49.1 Å². The Morgan fingerprint density at radius 3 is 2.04 bits per heavy atom. The van der Waals surface area contributed by atoms with Gasteiger partial charge in [0.1, 0.15) is 0 Å². The summed E-state index contributed by atoms with van der Waals surface area (Å²) in [6, 6.07) is 0. The summed E-state index contributed by atoms with van der Waals surface area (Å²) in [6.45, 7) is 15.0. The van der Waals surface area contributed by atoms with Crippen LogP contribution in [0.25, 0.3) is 0 Å². The number of rotatable bonds is 15. The lowest BCUT2D eigenvalue weighted by atomic mass is 10.1. The average Bonchev–Trinajstić information content (AvgIpc) is 2.59. The molecule has 0 unspecified atom stereocenters. The number of nitrogens with zero attached hydrogens (tertiary/aromatic N) is 2. The maximum atomic E-state index is 2.76. The Kier molecular flexibility index (Phi) is 13.9. The van der Waals surface area contributed by atoms with Gasteiger partial charge in [0.25, 0.3) is 0 Å². The molecular weight excluding hydrogens is 292 g/mol. The van der Waals surface area contributed by atoms with Crippen molar-refractivity contribution < 1.29 is 0 Å². The van der Waals surface area contributed by atoms with Crippen LogP contribution >= 0.6 is 0 Å². The first-order valence-electron chi connectivity index (χ1n) is 11.2. The second-order valence-corrected chi connectivity index (χ2v) is 8.40. The molecule has 0 saturated carbocycles. The van der Waals surface area contributed by atoms with Gasteiger partial charge in [-0.3, -0.25) is 0 Å². The maximum Gasteiger partial charge on any atom is -0.000655 e. The molecule has 0 aromatic heterocycles. The van der Waals surface area contributed by atoms with Gasteiger partial charge in [-0.25, -0.2) is 0 Å². The Hall–Kier alpha value is -0.0800. The van der Waals surface area contributed by atoms with Gasteiger partial charge in [-0.05, 0) is 77.3 Å². The molecule has 1 rings (SSSR count). The zero-order valence-electron chi connectivity index (χ0n) is 17.2. The minimum atomic E-state index is 0.837. The molecule has 1 heterocycles. The molecule has 0 aromatic carbocycles. The fraction of sp³-hybridized carbons (Fsp3) is 1.00. The van der Waals surface area contributed by atoms with Gasteiger partial charge < -0.3 is 9.80 Å². The molecular formula is C22H46N2. The van der Waals surface area contributed by atoms with E-state index in [9.17, 15) is 0 Å². The number of piperidine rings is 1. The molecule has 24 heavy (non-hydrogen) atoms. The number of likely N-dealkylation sites (tertiary alicyclic amines) is 1. The fourth-order valence-electron chi connectivity index (χ4n) is 3.77. The lowest BCUT2D eigenvalue weighted by Gasteiger charge is -2.28. The highest BCUT2D eigenvalue weighted by molar-refractivity contribution is 4.67. The largest absolute Gasteiger partial charge is 0.303 e. The highest BCUT2D eigenvalue weighted by Gasteiger charge is 2.11. The van der Waals surface area contributed by atoms with Crippen molar-refractivity contribution in [1.29, 1.82) is 0 Å². The molecule has 2 nitrogen and oxygen atoms in total. The van der Waals surface area contributed by atoms with Gasteiger partial charge >= 0.3 is 0 Å². The third-order valence-electron chi connectivity index (χ3n) is 5.50. The normalized spacial score (nSPS) is 16.4. The van der Waals surface area contributed by atoms with Crippen LogP contribution in [0.3, 0.4) is 0 Å². The van der Waals surface area contributed by atoms with E-state index in [0.717, 1.165) is 5.92 Å². The monoisotopic (exact) mass is 338 g/mol. The van der Waals surface area contributed by atoms with Crippen molar-refractivity contribution in [2.45, 2.75) is 97.8 Å². The third kappa shape index (κ3) is 12.3. The van der Waals surface area contributed by atoms with Crippen LogP contribution in [-0.2, 0) is 0 Å². The maximum absolute atomic E-state index is 2.76. The number of hydrogen-bond acceptors (Lipinski definition) is 2. The van der Waals surface area contributed by atoms with Crippen molar-refractivity contribution in [3.8, 4) is 0 Å². The highest BCUT2D eigenvalue weighted by Crippen LogP contribution is 2.11. The topological polar surface area (TPSA) is 6.48 Å². The van der Waals surface area contributed by atoms with E-state index in [1.165, 1.54) is 116 Å². The van der Waals surface area contributed by atoms with Crippen LogP contribution < -0.4 is 0 Å². The third-order valence-corrected chi connectivity index (χ3v) is 5.50. The summed E-state index contributed by atoms with van der Waals surface area (Å²) in [5.74, 6) is 0.837. The van der Waals surface area contributed by atoms with Crippen molar-refractivity contribution in [2.24, 2.45) is 5.92 Å². The van der Waals surface area contributed by atoms with Crippen molar-refractivity contribution in [2.75, 3.05) is 39.3 Å². The van der Waals surface area contributed by atoms with Gasteiger partial charge in [0.15, 0.2) is 0 Å². The van der Waals surface area contributed by atoms with E-state index in [1.54, 1.807) is 0 Å². The molecule has 0 aliphatic carbocycles. The quantitative estimate of drug-likeness (QED) is 0.340. The zero-order valence-corrected chi connectivity index (χ0v) is 17.2. The summed E-state index contributed by atoms with van der Waals surface area (Å²) < 4.78 is 0. The van der Waals surface area contributed by atoms with Crippen LogP contribution in [0.4, 0.5) is 0 Å². The second kappa shape index (κ2) is 15.2. The minimum absolute atomic E-state index is 0.837. The molecule has 0 atom stereocenters. The van der Waals surface area contributed by atoms with Crippen LogP contribution in [0.1, 0.15) is 97.8 Å². The molecule has 0 bridgehead atoms. The van der Waals surface area contributed by atoms with E-state index < -0.39 is 0 Å². The summed E-state index contributed by atoms with van der Waals surface area (Å²) >= 11 is 0. The zero-order chi connectivity index (χ0) is 17.5. The molecule has 144 valence electrons. The average molecular weight is 339 g/mol. The molecule has 0 N–H and O–H groups in total. The van der Waals surface area contributed by atoms with Gasteiger partial charge in [-0.15, -0.1) is 0 Å². The first kappa shape index (κ1) is 22.0. The first-order valence-corrected chi connectivity index (χ1v) is 11.2. The van der Waals surface area contributed by atoms with Crippen LogP contribution in [0, 0.1) is 5.92 Å². The smallest absolute Gasteiger partial charge is 0.000655 e. The minimum Gasteiger partial charge on any atom is -0.303 e. The summed E-state index contributed by atoms with van der Waals surface area (Å²) in [7, 11) is 0. The predicted molar refractivity (Wildman–Crippen MR) is 109 cm³/mol. The molecule has 1 fully saturated rings. The Morgan fingerprint density at radius 1 is 0.750 bits per heavy atom. The van der Waals surface area contributed by atoms with Crippen LogP contribution in [0.2, 0.25) is 0 Å².